The van der Waals surface area contributed by atoms with Crippen molar-refractivity contribution in [3.8, 4) is 0 Å². The summed E-state index contributed by atoms with van der Waals surface area (Å²) in [5.74, 6) is 0.0567. The van der Waals surface area contributed by atoms with Gasteiger partial charge in [0.25, 0.3) is 5.91 Å². The summed E-state index contributed by atoms with van der Waals surface area (Å²) in [6, 6.07) is -0.450. The van der Waals surface area contributed by atoms with Gasteiger partial charge in [-0.1, -0.05) is 13.3 Å². The second-order valence-electron chi connectivity index (χ2n) is 6.25. The molecular weight excluding hydrogens is 320 g/mol. The van der Waals surface area contributed by atoms with Crippen LogP contribution in [0.1, 0.15) is 45.4 Å². The van der Waals surface area contributed by atoms with Gasteiger partial charge in [-0.2, -0.15) is 0 Å². The highest BCUT2D eigenvalue weighted by Crippen LogP contribution is 2.37. The van der Waals surface area contributed by atoms with Crippen molar-refractivity contribution in [3.05, 3.63) is 0 Å². The lowest BCUT2D eigenvalue weighted by atomic mass is 9.75. The van der Waals surface area contributed by atoms with E-state index in [9.17, 15) is 14.4 Å². The molecule has 1 aliphatic heterocycles. The lowest BCUT2D eigenvalue weighted by Gasteiger charge is -2.34. The number of nitrogens with two attached hydrogens (primary N) is 1. The summed E-state index contributed by atoms with van der Waals surface area (Å²) in [7, 11) is 0. The zero-order chi connectivity index (χ0) is 16.2. The molecule has 2 aliphatic rings. The number of urea groups is 1. The van der Waals surface area contributed by atoms with Gasteiger partial charge in [0.2, 0.25) is 5.91 Å². The number of nitrogens with one attached hydrogen (secondary N) is 2. The van der Waals surface area contributed by atoms with Gasteiger partial charge in [-0.15, -0.1) is 12.4 Å². The van der Waals surface area contributed by atoms with E-state index in [1.165, 1.54) is 0 Å². The molecule has 4 N–H and O–H groups in total. The van der Waals surface area contributed by atoms with Crippen molar-refractivity contribution in [1.29, 1.82) is 0 Å². The molecule has 4 amide bonds. The molecule has 2 fully saturated rings. The monoisotopic (exact) mass is 346 g/mol. The van der Waals surface area contributed by atoms with Crippen LogP contribution in [0.5, 0.6) is 0 Å². The summed E-state index contributed by atoms with van der Waals surface area (Å²) < 4.78 is 0. The number of hydrogen-bond acceptors (Lipinski definition) is 4. The van der Waals surface area contributed by atoms with Crippen LogP contribution in [0.3, 0.4) is 0 Å². The fraction of sp³-hybridized carbons (Fsp3) is 0.800. The lowest BCUT2D eigenvalue weighted by molar-refractivity contribution is -0.136. The molecule has 0 bridgehead atoms. The third-order valence-electron chi connectivity index (χ3n) is 4.79. The molecule has 7 nitrogen and oxygen atoms in total. The van der Waals surface area contributed by atoms with E-state index in [0.717, 1.165) is 24.2 Å². The fourth-order valence-corrected chi connectivity index (χ4v) is 3.27. The Balaban J connectivity index is 0.00000264. The summed E-state index contributed by atoms with van der Waals surface area (Å²) in [6.45, 7) is 2.89. The molecule has 132 valence electrons. The maximum atomic E-state index is 12.6. The van der Waals surface area contributed by atoms with E-state index in [0.29, 0.717) is 38.3 Å². The van der Waals surface area contributed by atoms with Crippen LogP contribution in [0, 0.1) is 5.92 Å². The van der Waals surface area contributed by atoms with Crippen molar-refractivity contribution >= 4 is 30.3 Å². The SMILES string of the molecule is CCC1CCC2(CC1)NC(=O)N(CC(=O)NCCCN)C2=O.Cl. The van der Waals surface area contributed by atoms with Crippen LogP contribution < -0.4 is 16.4 Å². The van der Waals surface area contributed by atoms with E-state index in [4.69, 9.17) is 5.73 Å². The van der Waals surface area contributed by atoms with E-state index in [2.05, 4.69) is 17.6 Å². The van der Waals surface area contributed by atoms with Crippen molar-refractivity contribution in [2.24, 2.45) is 11.7 Å². The number of carbonyl (C=O) groups is 3. The average molecular weight is 347 g/mol. The van der Waals surface area contributed by atoms with Crippen LogP contribution in [-0.4, -0.2) is 47.9 Å². The van der Waals surface area contributed by atoms with Crippen molar-refractivity contribution in [2.45, 2.75) is 51.0 Å². The quantitative estimate of drug-likeness (QED) is 0.488. The number of imide groups is 1. The number of amides is 4. The minimum atomic E-state index is -0.777. The molecule has 0 aromatic rings. The maximum absolute atomic E-state index is 12.6. The van der Waals surface area contributed by atoms with Crippen molar-refractivity contribution < 1.29 is 14.4 Å². The van der Waals surface area contributed by atoms with E-state index in [1.54, 1.807) is 0 Å². The molecule has 0 aromatic heterocycles. The number of rotatable bonds is 6. The summed E-state index contributed by atoms with van der Waals surface area (Å²) in [4.78, 5) is 37.5. The smallest absolute Gasteiger partial charge is 0.325 e. The van der Waals surface area contributed by atoms with Crippen LogP contribution >= 0.6 is 12.4 Å². The van der Waals surface area contributed by atoms with Crippen LogP contribution in [-0.2, 0) is 9.59 Å². The molecule has 1 spiro atoms. The molecule has 0 aromatic carbocycles. The average Bonchev–Trinajstić information content (AvgIpc) is 2.73. The maximum Gasteiger partial charge on any atom is 0.325 e. The lowest BCUT2D eigenvalue weighted by Crippen LogP contribution is -2.50. The summed E-state index contributed by atoms with van der Waals surface area (Å²) in [6.07, 6.45) is 5.00. The van der Waals surface area contributed by atoms with Crippen LogP contribution in [0.2, 0.25) is 0 Å². The standard InChI is InChI=1S/C15H26N4O3.ClH/c1-2-11-4-6-15(7-5-11)13(21)19(14(22)18-15)10-12(20)17-9-3-8-16;/h11H,2-10,16H2,1H3,(H,17,20)(H,18,22);1H. The molecular formula is C15H27ClN4O3. The van der Waals surface area contributed by atoms with Gasteiger partial charge in [0.1, 0.15) is 12.1 Å². The van der Waals surface area contributed by atoms with Gasteiger partial charge in [0, 0.05) is 6.54 Å². The zero-order valence-electron chi connectivity index (χ0n) is 13.6. The molecule has 0 radical (unpaired) electrons. The van der Waals surface area contributed by atoms with Gasteiger partial charge in [-0.25, -0.2) is 4.79 Å². The van der Waals surface area contributed by atoms with Crippen molar-refractivity contribution in [3.63, 3.8) is 0 Å². The largest absolute Gasteiger partial charge is 0.354 e. The highest BCUT2D eigenvalue weighted by atomic mass is 35.5. The third-order valence-corrected chi connectivity index (χ3v) is 4.79. The highest BCUT2D eigenvalue weighted by molar-refractivity contribution is 6.09. The first-order chi connectivity index (χ1) is 10.5. The Bertz CT molecular complexity index is 450. The van der Waals surface area contributed by atoms with Gasteiger partial charge in [0.15, 0.2) is 0 Å². The van der Waals surface area contributed by atoms with Gasteiger partial charge in [-0.05, 0) is 44.6 Å². The van der Waals surface area contributed by atoms with Gasteiger partial charge >= 0.3 is 6.03 Å². The third kappa shape index (κ3) is 4.35. The molecule has 1 saturated heterocycles. The summed E-state index contributed by atoms with van der Waals surface area (Å²) >= 11 is 0. The predicted molar refractivity (Wildman–Crippen MR) is 89.2 cm³/mol. The van der Waals surface area contributed by atoms with Crippen LogP contribution in [0.25, 0.3) is 0 Å². The Hall–Kier alpha value is -1.34. The molecule has 0 unspecified atom stereocenters. The molecule has 1 aliphatic carbocycles. The Labute approximate surface area is 143 Å². The first kappa shape index (κ1) is 19.7. The zero-order valence-corrected chi connectivity index (χ0v) is 14.4. The summed E-state index contributed by atoms with van der Waals surface area (Å²) in [5, 5.41) is 5.49. The first-order valence-electron chi connectivity index (χ1n) is 8.13. The number of halogens is 1. The minimum Gasteiger partial charge on any atom is -0.354 e. The van der Waals surface area contributed by atoms with Gasteiger partial charge in [0.05, 0.1) is 0 Å². The molecule has 8 heteroatoms. The normalized spacial score (nSPS) is 26.9. The Morgan fingerprint density at radius 1 is 1.39 bits per heavy atom. The number of nitrogens with zero attached hydrogens (tertiary/aromatic N) is 1. The van der Waals surface area contributed by atoms with Crippen LogP contribution in [0.4, 0.5) is 4.79 Å². The van der Waals surface area contributed by atoms with E-state index in [-0.39, 0.29) is 30.8 Å². The topological polar surface area (TPSA) is 105 Å². The van der Waals surface area contributed by atoms with Crippen molar-refractivity contribution in [2.75, 3.05) is 19.6 Å². The van der Waals surface area contributed by atoms with E-state index >= 15 is 0 Å². The molecule has 2 rings (SSSR count). The predicted octanol–water partition coefficient (Wildman–Crippen LogP) is 0.764. The molecule has 1 saturated carbocycles. The van der Waals surface area contributed by atoms with E-state index in [1.807, 2.05) is 0 Å². The number of carbonyl (C=O) groups excluding carboxylic acids is 3. The second kappa shape index (κ2) is 8.49. The van der Waals surface area contributed by atoms with Gasteiger partial charge in [-0.3, -0.25) is 14.5 Å². The Kier molecular flexibility index (Phi) is 7.28. The fourth-order valence-electron chi connectivity index (χ4n) is 3.27. The van der Waals surface area contributed by atoms with Gasteiger partial charge < -0.3 is 16.4 Å². The highest BCUT2D eigenvalue weighted by Gasteiger charge is 2.52. The van der Waals surface area contributed by atoms with Crippen LogP contribution in [0.15, 0.2) is 0 Å². The minimum absolute atomic E-state index is 0. The van der Waals surface area contributed by atoms with Crippen molar-refractivity contribution in [1.82, 2.24) is 15.5 Å². The molecule has 0 atom stereocenters. The second-order valence-corrected chi connectivity index (χ2v) is 6.25. The van der Waals surface area contributed by atoms with E-state index < -0.39 is 11.6 Å². The Morgan fingerprint density at radius 2 is 2.04 bits per heavy atom. The molecule has 23 heavy (non-hydrogen) atoms. The first-order valence-corrected chi connectivity index (χ1v) is 8.13. The number of hydrogen-bond donors (Lipinski definition) is 3. The Morgan fingerprint density at radius 3 is 2.61 bits per heavy atom. The molecule has 1 heterocycles. The summed E-state index contributed by atoms with van der Waals surface area (Å²) in [5.41, 5.74) is 4.58.